The maximum Gasteiger partial charge on any atom is 0.416 e. The molecule has 0 radical (unpaired) electrons. The number of amides is 3. The lowest BCUT2D eigenvalue weighted by atomic mass is 9.84. The minimum absolute atomic E-state index is 0.0694. The second-order valence-electron chi connectivity index (χ2n) is 9.88. The average molecular weight is 557 g/mol. The summed E-state index contributed by atoms with van der Waals surface area (Å²) in [5.41, 5.74) is -1.42. The maximum absolute atomic E-state index is 13.3. The van der Waals surface area contributed by atoms with Crippen LogP contribution in [0.5, 0.6) is 0 Å². The van der Waals surface area contributed by atoms with E-state index in [1.807, 2.05) is 25.1 Å². The Balaban J connectivity index is 1.57. The molecule has 1 N–H and O–H groups in total. The Morgan fingerprint density at radius 1 is 0.974 bits per heavy atom. The molecular weight excluding hydrogens is 530 g/mol. The Kier molecular flexibility index (Phi) is 8.06. The zero-order chi connectivity index (χ0) is 28.5. The van der Waals surface area contributed by atoms with Gasteiger partial charge in [0, 0.05) is 31.8 Å². The van der Waals surface area contributed by atoms with E-state index >= 15 is 0 Å². The van der Waals surface area contributed by atoms with Gasteiger partial charge in [0.05, 0.1) is 29.8 Å². The second kappa shape index (κ2) is 11.0. The zero-order valence-corrected chi connectivity index (χ0v) is 20.9. The van der Waals surface area contributed by atoms with Crippen LogP contribution in [0.15, 0.2) is 42.5 Å². The molecule has 210 valence electrons. The number of ether oxygens (including phenoxy) is 1. The first-order valence-corrected chi connectivity index (χ1v) is 12.3. The fraction of sp³-hybridized carbons (Fsp3) is 0.444. The van der Waals surface area contributed by atoms with Crippen LogP contribution >= 0.6 is 0 Å². The molecule has 2 aromatic rings. The van der Waals surface area contributed by atoms with Gasteiger partial charge >= 0.3 is 12.4 Å². The van der Waals surface area contributed by atoms with Crippen LogP contribution in [0.4, 0.5) is 26.3 Å². The second-order valence-corrected chi connectivity index (χ2v) is 9.88. The molecule has 3 amide bonds. The summed E-state index contributed by atoms with van der Waals surface area (Å²) in [4.78, 5) is 38.3. The Morgan fingerprint density at radius 2 is 1.56 bits per heavy atom. The third-order valence-corrected chi connectivity index (χ3v) is 7.05. The molecule has 2 aromatic carbocycles. The standard InChI is InChI=1S/C27H26F6N2O4/c1-15-4-2-3-5-20(15)21-13-35(25(38)17-10-23(36)34-24(37)11-17)7-6-22(21)39-14-16-8-18(26(28,29)30)12-19(9-16)27(31,32)33/h2-5,8-9,12,17,21-22H,6-7,10-11,13-14H2,1H3,(H,34,36,37)/t21-,22-/m0/s1. The number of rotatable bonds is 5. The van der Waals surface area contributed by atoms with Crippen molar-refractivity contribution in [3.05, 3.63) is 70.3 Å². The van der Waals surface area contributed by atoms with Crippen LogP contribution in [0.2, 0.25) is 0 Å². The van der Waals surface area contributed by atoms with Gasteiger partial charge in [-0.15, -0.1) is 0 Å². The predicted octanol–water partition coefficient (Wildman–Crippen LogP) is 4.99. The summed E-state index contributed by atoms with van der Waals surface area (Å²) in [5.74, 6) is -2.66. The van der Waals surface area contributed by atoms with Crippen LogP contribution in [-0.4, -0.2) is 41.8 Å². The summed E-state index contributed by atoms with van der Waals surface area (Å²) in [6, 6.07) is 8.62. The Bertz CT molecular complexity index is 1210. The molecule has 2 aliphatic rings. The normalized spacial score (nSPS) is 21.2. The summed E-state index contributed by atoms with van der Waals surface area (Å²) in [6.07, 6.45) is -10.5. The van der Waals surface area contributed by atoms with Gasteiger partial charge in [-0.25, -0.2) is 0 Å². The number of imide groups is 1. The van der Waals surface area contributed by atoms with Crippen molar-refractivity contribution in [2.45, 2.75) is 57.2 Å². The highest BCUT2D eigenvalue weighted by Crippen LogP contribution is 2.38. The van der Waals surface area contributed by atoms with Gasteiger partial charge in [-0.1, -0.05) is 24.3 Å². The number of halogens is 6. The molecule has 6 nitrogen and oxygen atoms in total. The van der Waals surface area contributed by atoms with E-state index in [1.165, 1.54) is 0 Å². The van der Waals surface area contributed by atoms with Gasteiger partial charge in [0.2, 0.25) is 17.7 Å². The van der Waals surface area contributed by atoms with Crippen LogP contribution in [0, 0.1) is 12.8 Å². The number of hydrogen-bond acceptors (Lipinski definition) is 4. The smallest absolute Gasteiger partial charge is 0.373 e. The van der Waals surface area contributed by atoms with Gasteiger partial charge in [0.1, 0.15) is 0 Å². The van der Waals surface area contributed by atoms with Crippen molar-refractivity contribution in [3.63, 3.8) is 0 Å². The van der Waals surface area contributed by atoms with E-state index in [2.05, 4.69) is 5.32 Å². The van der Waals surface area contributed by atoms with Crippen molar-refractivity contribution in [1.82, 2.24) is 10.2 Å². The number of benzene rings is 2. The summed E-state index contributed by atoms with van der Waals surface area (Å²) >= 11 is 0. The molecular formula is C27H26F6N2O4. The molecule has 0 aliphatic carbocycles. The van der Waals surface area contributed by atoms with Crippen LogP contribution in [0.25, 0.3) is 0 Å². The van der Waals surface area contributed by atoms with E-state index < -0.39 is 59.8 Å². The fourth-order valence-corrected chi connectivity index (χ4v) is 5.15. The van der Waals surface area contributed by atoms with Crippen molar-refractivity contribution in [2.75, 3.05) is 13.1 Å². The first-order chi connectivity index (χ1) is 18.2. The summed E-state index contributed by atoms with van der Waals surface area (Å²) in [6.45, 7) is 1.69. The Hall–Kier alpha value is -3.41. The zero-order valence-electron chi connectivity index (χ0n) is 20.9. The number of alkyl halides is 6. The molecule has 0 saturated carbocycles. The van der Waals surface area contributed by atoms with Crippen molar-refractivity contribution >= 4 is 17.7 Å². The van der Waals surface area contributed by atoms with Crippen molar-refractivity contribution in [2.24, 2.45) is 5.92 Å². The monoisotopic (exact) mass is 556 g/mol. The number of hydrogen-bond donors (Lipinski definition) is 1. The van der Waals surface area contributed by atoms with Gasteiger partial charge in [0.15, 0.2) is 0 Å². The SMILES string of the molecule is Cc1ccccc1[C@@H]1CN(C(=O)C2CC(=O)NC(=O)C2)CC[C@@H]1OCc1cc(C(F)(F)F)cc(C(F)(F)F)c1. The van der Waals surface area contributed by atoms with E-state index in [0.29, 0.717) is 12.1 Å². The third kappa shape index (κ3) is 6.78. The van der Waals surface area contributed by atoms with Crippen LogP contribution in [0.3, 0.4) is 0 Å². The molecule has 2 saturated heterocycles. The third-order valence-electron chi connectivity index (χ3n) is 7.05. The van der Waals surface area contributed by atoms with Crippen LogP contribution in [-0.2, 0) is 38.1 Å². The Morgan fingerprint density at radius 3 is 2.13 bits per heavy atom. The molecule has 4 rings (SSSR count). The lowest BCUT2D eigenvalue weighted by molar-refractivity contribution is -0.147. The first-order valence-electron chi connectivity index (χ1n) is 12.3. The van der Waals surface area contributed by atoms with Crippen molar-refractivity contribution in [3.8, 4) is 0 Å². The van der Waals surface area contributed by atoms with Crippen molar-refractivity contribution < 1.29 is 45.5 Å². The quantitative estimate of drug-likeness (QED) is 0.416. The average Bonchev–Trinajstić information content (AvgIpc) is 2.85. The van der Waals surface area contributed by atoms with Crippen LogP contribution < -0.4 is 5.32 Å². The molecule has 0 aromatic heterocycles. The molecule has 2 atom stereocenters. The summed E-state index contributed by atoms with van der Waals surface area (Å²) in [5, 5.41) is 2.17. The van der Waals surface area contributed by atoms with E-state index in [0.717, 1.165) is 11.1 Å². The molecule has 0 unspecified atom stereocenters. The molecule has 2 aliphatic heterocycles. The largest absolute Gasteiger partial charge is 0.416 e. The van der Waals surface area contributed by atoms with E-state index in [-0.39, 0.29) is 49.9 Å². The number of nitrogens with zero attached hydrogens (tertiary/aromatic N) is 1. The molecule has 2 fully saturated rings. The summed E-state index contributed by atoms with van der Waals surface area (Å²) < 4.78 is 85.7. The fourth-order valence-electron chi connectivity index (χ4n) is 5.15. The Labute approximate surface area is 220 Å². The number of piperidine rings is 2. The lowest BCUT2D eigenvalue weighted by Crippen LogP contribution is -2.50. The van der Waals surface area contributed by atoms with E-state index in [4.69, 9.17) is 4.74 Å². The van der Waals surface area contributed by atoms with E-state index in [1.54, 1.807) is 11.0 Å². The van der Waals surface area contributed by atoms with E-state index in [9.17, 15) is 40.7 Å². The number of carbonyl (C=O) groups is 3. The number of aryl methyl sites for hydroxylation is 1. The molecule has 0 spiro atoms. The highest BCUT2D eigenvalue weighted by atomic mass is 19.4. The predicted molar refractivity (Wildman–Crippen MR) is 126 cm³/mol. The molecule has 0 bridgehead atoms. The highest BCUT2D eigenvalue weighted by molar-refractivity contribution is 6.02. The molecule has 39 heavy (non-hydrogen) atoms. The first kappa shape index (κ1) is 28.6. The van der Waals surface area contributed by atoms with Gasteiger partial charge in [-0.05, 0) is 48.2 Å². The minimum atomic E-state index is -4.97. The van der Waals surface area contributed by atoms with Gasteiger partial charge in [0.25, 0.3) is 0 Å². The van der Waals surface area contributed by atoms with Crippen molar-refractivity contribution in [1.29, 1.82) is 0 Å². The topological polar surface area (TPSA) is 75.7 Å². The number of likely N-dealkylation sites (tertiary alicyclic amines) is 1. The maximum atomic E-state index is 13.3. The molecule has 2 heterocycles. The number of carbonyl (C=O) groups excluding carboxylic acids is 3. The molecule has 12 heteroatoms. The number of nitrogens with one attached hydrogen (secondary N) is 1. The van der Waals surface area contributed by atoms with Gasteiger partial charge in [-0.3, -0.25) is 19.7 Å². The minimum Gasteiger partial charge on any atom is -0.373 e. The lowest BCUT2D eigenvalue weighted by Gasteiger charge is -2.40. The van der Waals surface area contributed by atoms with Gasteiger partial charge < -0.3 is 9.64 Å². The van der Waals surface area contributed by atoms with Gasteiger partial charge in [-0.2, -0.15) is 26.3 Å². The van der Waals surface area contributed by atoms with Crippen LogP contribution in [0.1, 0.15) is 53.0 Å². The summed E-state index contributed by atoms with van der Waals surface area (Å²) in [7, 11) is 0. The highest BCUT2D eigenvalue weighted by Gasteiger charge is 2.40.